The van der Waals surface area contributed by atoms with Crippen molar-refractivity contribution in [3.05, 3.63) is 82.1 Å². The summed E-state index contributed by atoms with van der Waals surface area (Å²) in [5.74, 6) is 2.50. The molecule has 0 saturated carbocycles. The number of hydrogen-bond donors (Lipinski definition) is 0. The number of hydrogen-bond acceptors (Lipinski definition) is 4. The van der Waals surface area contributed by atoms with Gasteiger partial charge in [0, 0.05) is 16.8 Å². The van der Waals surface area contributed by atoms with E-state index in [0.29, 0.717) is 13.2 Å². The van der Waals surface area contributed by atoms with E-state index in [9.17, 15) is 0 Å². The summed E-state index contributed by atoms with van der Waals surface area (Å²) < 4.78 is 9.12. The number of rotatable bonds is 8. The molecule has 27 heavy (non-hydrogen) atoms. The van der Waals surface area contributed by atoms with Crippen LogP contribution in [-0.4, -0.2) is 14.8 Å². The number of allylic oxidation sites excluding steroid dienone is 1. The lowest BCUT2D eigenvalue weighted by Gasteiger charge is -2.11. The normalized spacial score (nSPS) is 10.8. The maximum atomic E-state index is 5.98. The SMILES string of the molecule is C=CCn1c(COc2ccc(C)cc2C)nnc1SCc1cccc(Br)c1. The molecule has 6 heteroatoms. The molecule has 4 nitrogen and oxygen atoms in total. The molecule has 0 fully saturated rings. The summed E-state index contributed by atoms with van der Waals surface area (Å²) in [5, 5.41) is 9.56. The van der Waals surface area contributed by atoms with Gasteiger partial charge in [-0.2, -0.15) is 0 Å². The Labute approximate surface area is 172 Å². The predicted molar refractivity (Wildman–Crippen MR) is 114 cm³/mol. The first-order valence-corrected chi connectivity index (χ1v) is 10.4. The quantitative estimate of drug-likeness (QED) is 0.329. The number of aromatic nitrogens is 3. The van der Waals surface area contributed by atoms with Crippen molar-refractivity contribution in [1.82, 2.24) is 14.8 Å². The van der Waals surface area contributed by atoms with E-state index in [1.54, 1.807) is 11.8 Å². The van der Waals surface area contributed by atoms with Gasteiger partial charge >= 0.3 is 0 Å². The van der Waals surface area contributed by atoms with E-state index in [-0.39, 0.29) is 0 Å². The molecular formula is C21H22BrN3OS. The monoisotopic (exact) mass is 443 g/mol. The summed E-state index contributed by atoms with van der Waals surface area (Å²) >= 11 is 5.17. The molecule has 0 amide bonds. The Kier molecular flexibility index (Phi) is 6.74. The van der Waals surface area contributed by atoms with Gasteiger partial charge in [0.25, 0.3) is 0 Å². The molecule has 0 aliphatic heterocycles. The lowest BCUT2D eigenvalue weighted by molar-refractivity contribution is 0.287. The minimum atomic E-state index is 0.377. The number of halogens is 1. The van der Waals surface area contributed by atoms with Gasteiger partial charge in [0.1, 0.15) is 12.4 Å². The van der Waals surface area contributed by atoms with Crippen LogP contribution in [-0.2, 0) is 18.9 Å². The topological polar surface area (TPSA) is 39.9 Å². The standard InChI is InChI=1S/C21H22BrN3OS/c1-4-10-25-20(13-26-19-9-8-15(2)11-16(19)3)23-24-21(25)27-14-17-6-5-7-18(22)12-17/h4-9,11-12H,1,10,13-14H2,2-3H3. The molecule has 0 aliphatic carbocycles. The van der Waals surface area contributed by atoms with Crippen LogP contribution in [0.5, 0.6) is 5.75 Å². The van der Waals surface area contributed by atoms with E-state index in [0.717, 1.165) is 32.5 Å². The van der Waals surface area contributed by atoms with Crippen LogP contribution in [0, 0.1) is 13.8 Å². The van der Waals surface area contributed by atoms with E-state index < -0.39 is 0 Å². The minimum Gasteiger partial charge on any atom is -0.485 e. The van der Waals surface area contributed by atoms with E-state index in [1.807, 2.05) is 24.3 Å². The third kappa shape index (κ3) is 5.23. The van der Waals surface area contributed by atoms with Gasteiger partial charge in [0.05, 0.1) is 0 Å². The van der Waals surface area contributed by atoms with Gasteiger partial charge in [-0.1, -0.05) is 63.6 Å². The van der Waals surface area contributed by atoms with Gasteiger partial charge in [-0.25, -0.2) is 0 Å². The molecule has 3 aromatic rings. The Hall–Kier alpha value is -2.05. The van der Waals surface area contributed by atoms with Crippen molar-refractivity contribution in [2.24, 2.45) is 0 Å². The summed E-state index contributed by atoms with van der Waals surface area (Å²) in [6.07, 6.45) is 1.85. The fourth-order valence-electron chi connectivity index (χ4n) is 2.72. The van der Waals surface area contributed by atoms with Crippen LogP contribution in [0.1, 0.15) is 22.5 Å². The van der Waals surface area contributed by atoms with Crippen LogP contribution < -0.4 is 4.74 Å². The maximum Gasteiger partial charge on any atom is 0.191 e. The Morgan fingerprint density at radius 3 is 2.78 bits per heavy atom. The second kappa shape index (κ2) is 9.24. The summed E-state index contributed by atoms with van der Waals surface area (Å²) in [6.45, 7) is 9.01. The number of thioether (sulfide) groups is 1. The third-order valence-corrected chi connectivity index (χ3v) is 5.58. The van der Waals surface area contributed by atoms with Crippen LogP contribution in [0.3, 0.4) is 0 Å². The molecule has 0 radical (unpaired) electrons. The molecule has 140 valence electrons. The van der Waals surface area contributed by atoms with Crippen molar-refractivity contribution < 1.29 is 4.74 Å². The smallest absolute Gasteiger partial charge is 0.191 e. The van der Waals surface area contributed by atoms with Gasteiger partial charge < -0.3 is 4.74 Å². The van der Waals surface area contributed by atoms with Crippen molar-refractivity contribution in [2.45, 2.75) is 37.9 Å². The second-order valence-corrected chi connectivity index (χ2v) is 8.13. The largest absolute Gasteiger partial charge is 0.485 e. The average Bonchev–Trinajstić information content (AvgIpc) is 3.01. The fraction of sp³-hybridized carbons (Fsp3) is 0.238. The molecule has 2 aromatic carbocycles. The van der Waals surface area contributed by atoms with E-state index in [4.69, 9.17) is 4.74 Å². The van der Waals surface area contributed by atoms with Crippen LogP contribution in [0.2, 0.25) is 0 Å². The summed E-state index contributed by atoms with van der Waals surface area (Å²) in [7, 11) is 0. The van der Waals surface area contributed by atoms with Gasteiger partial charge in [0.15, 0.2) is 11.0 Å². The fourth-order valence-corrected chi connectivity index (χ4v) is 4.08. The highest BCUT2D eigenvalue weighted by Gasteiger charge is 2.13. The summed E-state index contributed by atoms with van der Waals surface area (Å²) in [5.41, 5.74) is 3.57. The van der Waals surface area contributed by atoms with Crippen molar-refractivity contribution in [3.8, 4) is 5.75 Å². The zero-order chi connectivity index (χ0) is 19.2. The third-order valence-electron chi connectivity index (χ3n) is 4.05. The lowest BCUT2D eigenvalue weighted by Crippen LogP contribution is -2.08. The van der Waals surface area contributed by atoms with Gasteiger partial charge in [-0.3, -0.25) is 4.57 Å². The molecular weight excluding hydrogens is 422 g/mol. The van der Waals surface area contributed by atoms with Gasteiger partial charge in [-0.15, -0.1) is 16.8 Å². The Bertz CT molecular complexity index is 939. The molecule has 1 aromatic heterocycles. The Balaban J connectivity index is 1.71. The minimum absolute atomic E-state index is 0.377. The van der Waals surface area contributed by atoms with Crippen LogP contribution in [0.4, 0.5) is 0 Å². The maximum absolute atomic E-state index is 5.98. The first kappa shape index (κ1) is 19.7. The molecule has 0 spiro atoms. The number of benzene rings is 2. The molecule has 0 bridgehead atoms. The van der Waals surface area contributed by atoms with Gasteiger partial charge in [0.2, 0.25) is 0 Å². The van der Waals surface area contributed by atoms with Crippen LogP contribution >= 0.6 is 27.7 Å². The highest BCUT2D eigenvalue weighted by molar-refractivity contribution is 9.10. The molecule has 0 unspecified atom stereocenters. The summed E-state index contributed by atoms with van der Waals surface area (Å²) in [4.78, 5) is 0. The Morgan fingerprint density at radius 1 is 1.19 bits per heavy atom. The van der Waals surface area contributed by atoms with Crippen LogP contribution in [0.15, 0.2) is 64.7 Å². The van der Waals surface area contributed by atoms with E-state index >= 15 is 0 Å². The highest BCUT2D eigenvalue weighted by atomic mass is 79.9. The average molecular weight is 444 g/mol. The van der Waals surface area contributed by atoms with Crippen molar-refractivity contribution in [2.75, 3.05) is 0 Å². The zero-order valence-electron chi connectivity index (χ0n) is 15.5. The predicted octanol–water partition coefficient (Wildman–Crippen LogP) is 5.71. The van der Waals surface area contributed by atoms with Crippen molar-refractivity contribution in [1.29, 1.82) is 0 Å². The van der Waals surface area contributed by atoms with Crippen molar-refractivity contribution >= 4 is 27.7 Å². The molecule has 0 saturated heterocycles. The number of ether oxygens (including phenoxy) is 1. The van der Waals surface area contributed by atoms with Crippen LogP contribution in [0.25, 0.3) is 0 Å². The first-order chi connectivity index (χ1) is 13.1. The molecule has 3 rings (SSSR count). The Morgan fingerprint density at radius 2 is 2.04 bits per heavy atom. The van der Waals surface area contributed by atoms with E-state index in [1.165, 1.54) is 11.1 Å². The first-order valence-electron chi connectivity index (χ1n) is 8.67. The van der Waals surface area contributed by atoms with Gasteiger partial charge in [-0.05, 0) is 43.2 Å². The molecule has 0 atom stereocenters. The number of aryl methyl sites for hydroxylation is 2. The molecule has 1 heterocycles. The summed E-state index contributed by atoms with van der Waals surface area (Å²) in [6, 6.07) is 14.5. The second-order valence-electron chi connectivity index (χ2n) is 6.27. The molecule has 0 aliphatic rings. The highest BCUT2D eigenvalue weighted by Crippen LogP contribution is 2.25. The number of nitrogens with zero attached hydrogens (tertiary/aromatic N) is 3. The van der Waals surface area contributed by atoms with E-state index in [2.05, 4.69) is 75.4 Å². The van der Waals surface area contributed by atoms with Crippen molar-refractivity contribution in [3.63, 3.8) is 0 Å². The zero-order valence-corrected chi connectivity index (χ0v) is 17.9. The molecule has 0 N–H and O–H groups in total. The lowest BCUT2D eigenvalue weighted by atomic mass is 10.1.